The quantitative estimate of drug-likeness (QED) is 0.937. The fourth-order valence-electron chi connectivity index (χ4n) is 2.93. The van der Waals surface area contributed by atoms with Crippen LogP contribution in [0.25, 0.3) is 0 Å². The van der Waals surface area contributed by atoms with Gasteiger partial charge in [-0.3, -0.25) is 14.4 Å². The van der Waals surface area contributed by atoms with E-state index in [9.17, 15) is 4.79 Å². The molecule has 118 valence electrons. The molecule has 6 nitrogen and oxygen atoms in total. The lowest BCUT2D eigenvalue weighted by Gasteiger charge is -2.34. The number of nitrogens with one attached hydrogen (secondary N) is 1. The number of rotatable bonds is 4. The second kappa shape index (κ2) is 6.58. The molecule has 0 aliphatic carbocycles. The highest BCUT2D eigenvalue weighted by Gasteiger charge is 2.28. The molecule has 1 N–H and O–H groups in total. The van der Waals surface area contributed by atoms with Crippen LogP contribution in [0.15, 0.2) is 24.0 Å². The highest BCUT2D eigenvalue weighted by Crippen LogP contribution is 2.28. The summed E-state index contributed by atoms with van der Waals surface area (Å²) >= 11 is 1.44. The number of aromatic nitrogens is 3. The molecule has 0 radical (unpaired) electrons. The van der Waals surface area contributed by atoms with Crippen molar-refractivity contribution in [1.82, 2.24) is 19.7 Å². The largest absolute Gasteiger partial charge is 0.301 e. The third-order valence-electron chi connectivity index (χ3n) is 4.32. The molecule has 7 heteroatoms. The minimum Gasteiger partial charge on any atom is -0.301 e. The van der Waals surface area contributed by atoms with Gasteiger partial charge < -0.3 is 5.32 Å². The van der Waals surface area contributed by atoms with Crippen molar-refractivity contribution in [2.24, 2.45) is 7.05 Å². The Kier molecular flexibility index (Phi) is 4.54. The van der Waals surface area contributed by atoms with Crippen molar-refractivity contribution in [3.05, 3.63) is 29.5 Å². The molecule has 1 atom stereocenters. The second-order valence-electron chi connectivity index (χ2n) is 5.76. The fraction of sp³-hybridized carbons (Fsp3) is 0.533. The molecule has 1 saturated heterocycles. The molecule has 0 bridgehead atoms. The molecule has 1 amide bonds. The van der Waals surface area contributed by atoms with Crippen LogP contribution < -0.4 is 5.32 Å². The summed E-state index contributed by atoms with van der Waals surface area (Å²) in [5.74, 6) is 0.578. The van der Waals surface area contributed by atoms with Crippen molar-refractivity contribution in [2.75, 3.05) is 18.4 Å². The number of aryl methyl sites for hydroxylation is 1. The van der Waals surface area contributed by atoms with Crippen molar-refractivity contribution < 1.29 is 4.79 Å². The molecule has 1 aliphatic heterocycles. The first-order valence-electron chi connectivity index (χ1n) is 7.56. The summed E-state index contributed by atoms with van der Waals surface area (Å²) in [6.07, 6.45) is 7.89. The van der Waals surface area contributed by atoms with Gasteiger partial charge in [0.1, 0.15) is 0 Å². The van der Waals surface area contributed by atoms with E-state index in [1.807, 2.05) is 30.2 Å². The number of carbonyl (C=O) groups excluding carboxylic acids is 1. The Morgan fingerprint density at radius 2 is 2.23 bits per heavy atom. The minimum atomic E-state index is -0.126. The van der Waals surface area contributed by atoms with Crippen LogP contribution >= 0.6 is 11.3 Å². The standard InChI is InChI=1S/C15H21N5OS/c1-11(14(21)18-15-16-5-8-22-15)20-6-3-12(4-7-20)13-9-17-19(2)10-13/h5,8-12H,3-4,6-7H2,1-2H3,(H,16,18,21). The zero-order chi connectivity index (χ0) is 15.5. The molecular weight excluding hydrogens is 298 g/mol. The van der Waals surface area contributed by atoms with Gasteiger partial charge in [-0.2, -0.15) is 5.10 Å². The van der Waals surface area contributed by atoms with Crippen molar-refractivity contribution in [3.8, 4) is 0 Å². The van der Waals surface area contributed by atoms with Crippen molar-refractivity contribution >= 4 is 22.4 Å². The first kappa shape index (κ1) is 15.2. The van der Waals surface area contributed by atoms with E-state index in [-0.39, 0.29) is 11.9 Å². The van der Waals surface area contributed by atoms with Crippen molar-refractivity contribution in [3.63, 3.8) is 0 Å². The number of nitrogens with zero attached hydrogens (tertiary/aromatic N) is 4. The summed E-state index contributed by atoms with van der Waals surface area (Å²) in [4.78, 5) is 18.6. The number of hydrogen-bond donors (Lipinski definition) is 1. The van der Waals surface area contributed by atoms with Gasteiger partial charge in [-0.1, -0.05) is 0 Å². The molecule has 1 unspecified atom stereocenters. The number of likely N-dealkylation sites (tertiary alicyclic amines) is 1. The number of amides is 1. The van der Waals surface area contributed by atoms with Crippen LogP contribution in [0.4, 0.5) is 5.13 Å². The molecule has 2 aromatic heterocycles. The number of piperidine rings is 1. The van der Waals surface area contributed by atoms with E-state index in [1.165, 1.54) is 16.9 Å². The molecule has 2 aromatic rings. The van der Waals surface area contributed by atoms with Gasteiger partial charge in [-0.15, -0.1) is 11.3 Å². The van der Waals surface area contributed by atoms with Crippen LogP contribution in [-0.2, 0) is 11.8 Å². The van der Waals surface area contributed by atoms with Crippen LogP contribution in [0.2, 0.25) is 0 Å². The Labute approximate surface area is 134 Å². The van der Waals surface area contributed by atoms with E-state index in [2.05, 4.69) is 26.5 Å². The first-order chi connectivity index (χ1) is 10.6. The van der Waals surface area contributed by atoms with Crippen molar-refractivity contribution in [1.29, 1.82) is 0 Å². The summed E-state index contributed by atoms with van der Waals surface area (Å²) in [5.41, 5.74) is 1.31. The highest BCUT2D eigenvalue weighted by atomic mass is 32.1. The molecule has 22 heavy (non-hydrogen) atoms. The van der Waals surface area contributed by atoms with Gasteiger partial charge in [0, 0.05) is 24.8 Å². The maximum Gasteiger partial charge on any atom is 0.243 e. The Balaban J connectivity index is 1.53. The van der Waals surface area contributed by atoms with Gasteiger partial charge in [0.15, 0.2) is 5.13 Å². The Bertz CT molecular complexity index is 616. The Hall–Kier alpha value is -1.73. The number of thiazole rings is 1. The molecule has 3 heterocycles. The monoisotopic (exact) mass is 319 g/mol. The van der Waals surface area contributed by atoms with Crippen LogP contribution in [0, 0.1) is 0 Å². The lowest BCUT2D eigenvalue weighted by Crippen LogP contribution is -2.45. The molecule has 0 spiro atoms. The normalized spacial score (nSPS) is 18.3. The van der Waals surface area contributed by atoms with Gasteiger partial charge in [0.05, 0.1) is 12.2 Å². The second-order valence-corrected chi connectivity index (χ2v) is 6.65. The summed E-state index contributed by atoms with van der Waals surface area (Å²) < 4.78 is 1.85. The third kappa shape index (κ3) is 3.36. The maximum absolute atomic E-state index is 12.3. The number of hydrogen-bond acceptors (Lipinski definition) is 5. The Morgan fingerprint density at radius 3 is 2.82 bits per heavy atom. The lowest BCUT2D eigenvalue weighted by atomic mass is 9.91. The van der Waals surface area contributed by atoms with E-state index in [0.29, 0.717) is 11.0 Å². The van der Waals surface area contributed by atoms with Gasteiger partial charge in [0.2, 0.25) is 5.91 Å². The minimum absolute atomic E-state index is 0.0229. The molecule has 1 aliphatic rings. The van der Waals surface area contributed by atoms with Crippen LogP contribution in [0.5, 0.6) is 0 Å². The predicted molar refractivity (Wildman–Crippen MR) is 87.0 cm³/mol. The van der Waals surface area contributed by atoms with Gasteiger partial charge in [-0.25, -0.2) is 4.98 Å². The van der Waals surface area contributed by atoms with E-state index in [0.717, 1.165) is 25.9 Å². The SMILES string of the molecule is CC(C(=O)Nc1nccs1)N1CCC(c2cnn(C)c2)CC1. The molecule has 0 saturated carbocycles. The smallest absolute Gasteiger partial charge is 0.243 e. The van der Waals surface area contributed by atoms with Crippen LogP contribution in [0.3, 0.4) is 0 Å². The van der Waals surface area contributed by atoms with Gasteiger partial charge in [0.25, 0.3) is 0 Å². The van der Waals surface area contributed by atoms with E-state index in [4.69, 9.17) is 0 Å². The summed E-state index contributed by atoms with van der Waals surface area (Å²) in [7, 11) is 1.95. The molecule has 0 aromatic carbocycles. The third-order valence-corrected chi connectivity index (χ3v) is 5.00. The predicted octanol–water partition coefficient (Wildman–Crippen LogP) is 2.08. The molecule has 1 fully saturated rings. The highest BCUT2D eigenvalue weighted by molar-refractivity contribution is 7.13. The summed E-state index contributed by atoms with van der Waals surface area (Å²) in [6, 6.07) is -0.126. The maximum atomic E-state index is 12.3. The number of anilines is 1. The van der Waals surface area contributed by atoms with Gasteiger partial charge >= 0.3 is 0 Å². The number of carbonyl (C=O) groups is 1. The first-order valence-corrected chi connectivity index (χ1v) is 8.44. The molecular formula is C15H21N5OS. The van der Waals surface area contributed by atoms with Gasteiger partial charge in [-0.05, 0) is 44.3 Å². The molecule has 3 rings (SSSR count). The zero-order valence-electron chi connectivity index (χ0n) is 12.9. The lowest BCUT2D eigenvalue weighted by molar-refractivity contribution is -0.121. The van der Waals surface area contributed by atoms with E-state index in [1.54, 1.807) is 6.20 Å². The van der Waals surface area contributed by atoms with Crippen molar-refractivity contribution in [2.45, 2.75) is 31.7 Å². The topological polar surface area (TPSA) is 63.1 Å². The van der Waals surface area contributed by atoms with E-state index >= 15 is 0 Å². The summed E-state index contributed by atoms with van der Waals surface area (Å²) in [6.45, 7) is 3.84. The fourth-order valence-corrected chi connectivity index (χ4v) is 3.46. The zero-order valence-corrected chi connectivity index (χ0v) is 13.7. The van der Waals surface area contributed by atoms with E-state index < -0.39 is 0 Å². The average molecular weight is 319 g/mol. The summed E-state index contributed by atoms with van der Waals surface area (Å²) in [5, 5.41) is 9.66. The average Bonchev–Trinajstić information content (AvgIpc) is 3.18. The van der Waals surface area contributed by atoms with Crippen LogP contribution in [0.1, 0.15) is 31.2 Å². The Morgan fingerprint density at radius 1 is 1.45 bits per heavy atom. The van der Waals surface area contributed by atoms with Crippen LogP contribution in [-0.4, -0.2) is 44.7 Å².